The fourth-order valence-electron chi connectivity index (χ4n) is 5.84. The van der Waals surface area contributed by atoms with E-state index >= 15 is 0 Å². The molecule has 0 fully saturated rings. The molecule has 0 heterocycles. The number of rotatable bonds is 8. The van der Waals surface area contributed by atoms with E-state index in [1.807, 2.05) is 0 Å². The summed E-state index contributed by atoms with van der Waals surface area (Å²) in [5.74, 6) is 0. The normalized spacial score (nSPS) is 10.4. The van der Waals surface area contributed by atoms with E-state index < -0.39 is 28.7 Å². The molecule has 0 nitrogen and oxygen atoms in total. The van der Waals surface area contributed by atoms with Crippen LogP contribution in [0, 0.1) is 0 Å². The molecule has 0 atom stereocenters. The van der Waals surface area contributed by atoms with Crippen molar-refractivity contribution in [3.8, 4) is 0 Å². The molecule has 0 unspecified atom stereocenters. The van der Waals surface area contributed by atoms with Crippen molar-refractivity contribution in [2.75, 3.05) is 0 Å². The van der Waals surface area contributed by atoms with Crippen LogP contribution in [0.2, 0.25) is 0 Å². The molecule has 8 aromatic rings. The summed E-state index contributed by atoms with van der Waals surface area (Å²) in [5, 5.41) is 0. The summed E-state index contributed by atoms with van der Waals surface area (Å²) >= 11 is -3.37. The summed E-state index contributed by atoms with van der Waals surface area (Å²) in [4.78, 5) is 0. The van der Waals surface area contributed by atoms with Crippen LogP contribution in [0.3, 0.4) is 0 Å². The van der Waals surface area contributed by atoms with Gasteiger partial charge in [0.15, 0.2) is 0 Å². The molecule has 0 saturated carbocycles. The van der Waals surface area contributed by atoms with Gasteiger partial charge in [0.1, 0.15) is 0 Å². The summed E-state index contributed by atoms with van der Waals surface area (Å²) in [6.07, 6.45) is 0. The molecule has 4 radical (unpaired) electrons. The predicted molar refractivity (Wildman–Crippen MR) is 226 cm³/mol. The second-order valence-electron chi connectivity index (χ2n) is 11.8. The van der Waals surface area contributed by atoms with Crippen LogP contribution < -0.4 is 35.2 Å². The van der Waals surface area contributed by atoms with Gasteiger partial charge in [-0.15, -0.1) is 0 Å². The Morgan fingerprint density at radius 2 is 0.353 bits per heavy atom. The SMILES string of the molecule is c1cc[c]([Ge]([c]2ccccc2)[c]2ccccc2)cc1.c1cc[c]([Ge]([c]2ccccc2)[c]2ccccc2)cc1.c1cc[c]([Ge][c]2ccccc2)cc1. The zero-order valence-corrected chi connectivity index (χ0v) is 34.9. The zero-order chi connectivity index (χ0) is 34.8. The van der Waals surface area contributed by atoms with Crippen molar-refractivity contribution in [1.29, 1.82) is 0 Å². The first-order valence-electron chi connectivity index (χ1n) is 17.3. The van der Waals surface area contributed by atoms with Gasteiger partial charge in [0.2, 0.25) is 0 Å². The van der Waals surface area contributed by atoms with Gasteiger partial charge in [0.25, 0.3) is 0 Å². The van der Waals surface area contributed by atoms with Crippen LogP contribution in [-0.4, -0.2) is 44.1 Å². The van der Waals surface area contributed by atoms with E-state index in [2.05, 4.69) is 243 Å². The molecule has 244 valence electrons. The first-order chi connectivity index (χ1) is 25.3. The Labute approximate surface area is 319 Å². The minimum absolute atomic E-state index is 0.108. The van der Waals surface area contributed by atoms with E-state index in [9.17, 15) is 0 Å². The topological polar surface area (TPSA) is 0 Å². The molecule has 0 N–H and O–H groups in total. The Balaban J connectivity index is 0.000000134. The van der Waals surface area contributed by atoms with Gasteiger partial charge in [-0.3, -0.25) is 0 Å². The monoisotopic (exact) mass is 838 g/mol. The first kappa shape index (κ1) is 36.2. The van der Waals surface area contributed by atoms with Gasteiger partial charge in [-0.05, 0) is 0 Å². The average Bonchev–Trinajstić information content (AvgIpc) is 3.22. The van der Waals surface area contributed by atoms with Crippen molar-refractivity contribution >= 4 is 79.3 Å². The summed E-state index contributed by atoms with van der Waals surface area (Å²) < 4.78 is 12.0. The summed E-state index contributed by atoms with van der Waals surface area (Å²) in [7, 11) is 0. The van der Waals surface area contributed by atoms with Gasteiger partial charge >= 0.3 is 322 Å². The van der Waals surface area contributed by atoms with Gasteiger partial charge < -0.3 is 0 Å². The van der Waals surface area contributed by atoms with Crippen molar-refractivity contribution in [3.63, 3.8) is 0 Å². The van der Waals surface area contributed by atoms with Crippen LogP contribution in [0.5, 0.6) is 0 Å². The predicted octanol–water partition coefficient (Wildman–Crippen LogP) is 5.75. The number of hydrogen-bond donors (Lipinski definition) is 0. The summed E-state index contributed by atoms with van der Waals surface area (Å²) in [6.45, 7) is 0. The molecular formula is C48H40Ge3. The van der Waals surface area contributed by atoms with E-state index in [0.717, 1.165) is 0 Å². The third-order valence-corrected chi connectivity index (χ3v) is 22.3. The molecule has 8 rings (SSSR count). The van der Waals surface area contributed by atoms with E-state index in [1.165, 1.54) is 35.2 Å². The number of benzene rings is 8. The maximum absolute atomic E-state index is 2.27. The molecule has 51 heavy (non-hydrogen) atoms. The summed E-state index contributed by atoms with van der Waals surface area (Å²) in [6, 6.07) is 87.1. The molecular weight excluding hydrogens is 794 g/mol. The Bertz CT molecular complexity index is 1730. The molecule has 0 amide bonds. The minimum atomic E-state index is -1.63. The third kappa shape index (κ3) is 11.2. The molecule has 0 aromatic heterocycles. The molecule has 0 aliphatic rings. The zero-order valence-electron chi connectivity index (χ0n) is 28.6. The Hall–Kier alpha value is -4.61. The van der Waals surface area contributed by atoms with Crippen LogP contribution in [0.15, 0.2) is 243 Å². The van der Waals surface area contributed by atoms with Crippen molar-refractivity contribution < 1.29 is 0 Å². The van der Waals surface area contributed by atoms with Gasteiger partial charge in [-0.2, -0.15) is 0 Å². The second-order valence-corrected chi connectivity index (χ2v) is 25.2. The van der Waals surface area contributed by atoms with Crippen LogP contribution in [0.1, 0.15) is 0 Å². The van der Waals surface area contributed by atoms with Crippen molar-refractivity contribution in [3.05, 3.63) is 243 Å². The van der Waals surface area contributed by atoms with Gasteiger partial charge in [-0.25, -0.2) is 0 Å². The third-order valence-electron chi connectivity index (χ3n) is 8.21. The molecule has 0 spiro atoms. The summed E-state index contributed by atoms with van der Waals surface area (Å²) in [5.41, 5.74) is 0. The van der Waals surface area contributed by atoms with E-state index in [1.54, 1.807) is 0 Å². The van der Waals surface area contributed by atoms with Gasteiger partial charge in [-0.1, -0.05) is 0 Å². The van der Waals surface area contributed by atoms with E-state index in [0.29, 0.717) is 0 Å². The maximum atomic E-state index is 2.27. The fourth-order valence-corrected chi connectivity index (χ4v) is 18.9. The van der Waals surface area contributed by atoms with Crippen LogP contribution >= 0.6 is 0 Å². The van der Waals surface area contributed by atoms with Crippen molar-refractivity contribution in [1.82, 2.24) is 0 Å². The number of hydrogen-bond acceptors (Lipinski definition) is 0. The van der Waals surface area contributed by atoms with Crippen LogP contribution in [0.25, 0.3) is 0 Å². The van der Waals surface area contributed by atoms with E-state index in [-0.39, 0.29) is 15.4 Å². The van der Waals surface area contributed by atoms with Crippen LogP contribution in [-0.2, 0) is 0 Å². The van der Waals surface area contributed by atoms with Gasteiger partial charge in [0, 0.05) is 0 Å². The average molecular weight is 835 g/mol. The first-order valence-corrected chi connectivity index (χ1v) is 25.7. The van der Waals surface area contributed by atoms with Crippen molar-refractivity contribution in [2.45, 2.75) is 0 Å². The Kier molecular flexibility index (Phi) is 14.4. The second kappa shape index (κ2) is 20.3. The van der Waals surface area contributed by atoms with Crippen LogP contribution in [0.4, 0.5) is 0 Å². The molecule has 0 bridgehead atoms. The van der Waals surface area contributed by atoms with E-state index in [4.69, 9.17) is 0 Å². The quantitative estimate of drug-likeness (QED) is 0.172. The fraction of sp³-hybridized carbons (Fsp3) is 0. The van der Waals surface area contributed by atoms with Gasteiger partial charge in [0.05, 0.1) is 0 Å². The molecule has 0 aliphatic carbocycles. The molecule has 0 aliphatic heterocycles. The molecule has 0 saturated heterocycles. The van der Waals surface area contributed by atoms with Crippen molar-refractivity contribution in [2.24, 2.45) is 0 Å². The Morgan fingerprint density at radius 3 is 0.529 bits per heavy atom. The molecule has 3 heteroatoms. The standard InChI is InChI=1S/2C18H15Ge.C12H10Ge/c2*1-4-10-16(11-5-1)19(17-12-6-2-7-13-17)18-14-8-3-9-15-18;1-3-7-11(8-4-1)13-12-9-5-2-6-10-12/h2*1-15H;1-10H. The Morgan fingerprint density at radius 1 is 0.196 bits per heavy atom. The molecule has 8 aromatic carbocycles.